The number of aryl methyl sites for hydroxylation is 2. The minimum atomic E-state index is -0.845. The van der Waals surface area contributed by atoms with Crippen molar-refractivity contribution in [1.82, 2.24) is 5.32 Å². The zero-order valence-corrected chi connectivity index (χ0v) is 12.8. The predicted octanol–water partition coefficient (Wildman–Crippen LogP) is 2.30. The van der Waals surface area contributed by atoms with Crippen LogP contribution in [-0.2, 0) is 9.59 Å². The number of ether oxygens (including phenoxy) is 1. The minimum absolute atomic E-state index is 0.0481. The van der Waals surface area contributed by atoms with Crippen LogP contribution in [0.2, 0.25) is 0 Å². The molecule has 0 bridgehead atoms. The van der Waals surface area contributed by atoms with Crippen LogP contribution in [0.3, 0.4) is 0 Å². The zero-order valence-electron chi connectivity index (χ0n) is 12.8. The second-order valence-corrected chi connectivity index (χ2v) is 5.21. The van der Waals surface area contributed by atoms with E-state index in [0.29, 0.717) is 18.7 Å². The summed E-state index contributed by atoms with van der Waals surface area (Å²) >= 11 is 0. The lowest BCUT2D eigenvalue weighted by molar-refractivity contribution is -0.138. The number of nitrogens with one attached hydrogen (secondary N) is 1. The number of hydrogen-bond acceptors (Lipinski definition) is 3. The molecule has 1 rings (SSSR count). The van der Waals surface area contributed by atoms with Gasteiger partial charge in [0, 0.05) is 13.0 Å². The molecule has 21 heavy (non-hydrogen) atoms. The number of carbonyl (C=O) groups excluding carboxylic acids is 1. The number of hydrogen-bond donors (Lipinski definition) is 2. The molecule has 5 nitrogen and oxygen atoms in total. The van der Waals surface area contributed by atoms with Gasteiger partial charge in [0.2, 0.25) is 0 Å². The van der Waals surface area contributed by atoms with Crippen molar-refractivity contribution in [3.05, 3.63) is 29.3 Å². The van der Waals surface area contributed by atoms with Gasteiger partial charge in [-0.05, 0) is 43.0 Å². The summed E-state index contributed by atoms with van der Waals surface area (Å²) in [5, 5.41) is 11.5. The molecule has 0 spiro atoms. The van der Waals surface area contributed by atoms with Crippen LogP contribution in [0.5, 0.6) is 5.75 Å². The van der Waals surface area contributed by atoms with Crippen molar-refractivity contribution >= 4 is 11.9 Å². The van der Waals surface area contributed by atoms with E-state index in [0.717, 1.165) is 5.56 Å². The smallest absolute Gasteiger partial charge is 0.303 e. The molecule has 0 aliphatic carbocycles. The number of carboxylic acid groups (broad SMARTS) is 1. The molecule has 2 N–H and O–H groups in total. The van der Waals surface area contributed by atoms with Gasteiger partial charge in [-0.15, -0.1) is 0 Å². The van der Waals surface area contributed by atoms with Gasteiger partial charge in [0.25, 0.3) is 5.91 Å². The molecule has 116 valence electrons. The summed E-state index contributed by atoms with van der Waals surface area (Å²) in [4.78, 5) is 22.3. The van der Waals surface area contributed by atoms with Crippen LogP contribution in [0.15, 0.2) is 18.2 Å². The summed E-state index contributed by atoms with van der Waals surface area (Å²) in [6, 6.07) is 5.67. The summed E-state index contributed by atoms with van der Waals surface area (Å²) in [7, 11) is 0. The second-order valence-electron chi connectivity index (χ2n) is 5.21. The first-order chi connectivity index (χ1) is 9.92. The van der Waals surface area contributed by atoms with Gasteiger partial charge in [-0.25, -0.2) is 0 Å². The van der Waals surface area contributed by atoms with Crippen LogP contribution in [0.1, 0.15) is 30.9 Å². The van der Waals surface area contributed by atoms with E-state index in [4.69, 9.17) is 9.84 Å². The monoisotopic (exact) mass is 293 g/mol. The SMILES string of the molecule is CCC(CNC(=O)COc1ccc(C)c(C)c1)CC(=O)O. The van der Waals surface area contributed by atoms with Gasteiger partial charge in [-0.1, -0.05) is 19.4 Å². The highest BCUT2D eigenvalue weighted by Gasteiger charge is 2.12. The number of carbonyl (C=O) groups is 2. The molecule has 0 radical (unpaired) electrons. The molecular weight excluding hydrogens is 270 g/mol. The fraction of sp³-hybridized carbons (Fsp3) is 0.500. The molecule has 1 amide bonds. The third-order valence-corrected chi connectivity index (χ3v) is 3.48. The molecule has 0 saturated carbocycles. The zero-order chi connectivity index (χ0) is 15.8. The average Bonchev–Trinajstić information content (AvgIpc) is 2.44. The van der Waals surface area contributed by atoms with Crippen molar-refractivity contribution in [1.29, 1.82) is 0 Å². The predicted molar refractivity (Wildman–Crippen MR) is 80.5 cm³/mol. The molecule has 1 aromatic rings. The van der Waals surface area contributed by atoms with E-state index in [9.17, 15) is 9.59 Å². The van der Waals surface area contributed by atoms with E-state index in [1.54, 1.807) is 0 Å². The van der Waals surface area contributed by atoms with E-state index < -0.39 is 5.97 Å². The molecular formula is C16H23NO4. The normalized spacial score (nSPS) is 11.8. The molecule has 0 aromatic heterocycles. The van der Waals surface area contributed by atoms with Crippen LogP contribution in [0.4, 0.5) is 0 Å². The van der Waals surface area contributed by atoms with Gasteiger partial charge in [-0.3, -0.25) is 9.59 Å². The molecule has 0 aliphatic rings. The quantitative estimate of drug-likeness (QED) is 0.771. The fourth-order valence-electron chi connectivity index (χ4n) is 1.87. The Hall–Kier alpha value is -2.04. The summed E-state index contributed by atoms with van der Waals surface area (Å²) in [5.41, 5.74) is 2.28. The van der Waals surface area contributed by atoms with Crippen LogP contribution < -0.4 is 10.1 Å². The highest BCUT2D eigenvalue weighted by molar-refractivity contribution is 5.77. The summed E-state index contributed by atoms with van der Waals surface area (Å²) < 4.78 is 5.42. The molecule has 1 aromatic carbocycles. The first kappa shape index (κ1) is 17.0. The molecule has 0 heterocycles. The lowest BCUT2D eigenvalue weighted by Crippen LogP contribution is -2.33. The largest absolute Gasteiger partial charge is 0.484 e. The Balaban J connectivity index is 2.36. The van der Waals surface area contributed by atoms with Crippen molar-refractivity contribution in [3.8, 4) is 5.75 Å². The number of benzene rings is 1. The number of rotatable bonds is 8. The first-order valence-electron chi connectivity index (χ1n) is 7.11. The highest BCUT2D eigenvalue weighted by atomic mass is 16.5. The Morgan fingerprint density at radius 3 is 2.57 bits per heavy atom. The Kier molecular flexibility index (Phi) is 6.72. The maximum atomic E-state index is 11.7. The van der Waals surface area contributed by atoms with Crippen molar-refractivity contribution in [2.24, 2.45) is 5.92 Å². The second kappa shape index (κ2) is 8.29. The maximum absolute atomic E-state index is 11.7. The first-order valence-corrected chi connectivity index (χ1v) is 7.11. The lowest BCUT2D eigenvalue weighted by Gasteiger charge is -2.14. The van der Waals surface area contributed by atoms with Gasteiger partial charge in [0.15, 0.2) is 6.61 Å². The van der Waals surface area contributed by atoms with Crippen LogP contribution in [0.25, 0.3) is 0 Å². The van der Waals surface area contributed by atoms with Gasteiger partial charge in [0.1, 0.15) is 5.75 Å². The lowest BCUT2D eigenvalue weighted by atomic mass is 10.0. The van der Waals surface area contributed by atoms with E-state index in [2.05, 4.69) is 5.32 Å². The molecule has 1 atom stereocenters. The molecule has 5 heteroatoms. The van der Waals surface area contributed by atoms with Gasteiger partial charge >= 0.3 is 5.97 Å². The molecule has 0 aliphatic heterocycles. The van der Waals surface area contributed by atoms with Crippen LogP contribution in [0, 0.1) is 19.8 Å². The van der Waals surface area contributed by atoms with Gasteiger partial charge < -0.3 is 15.2 Å². The third-order valence-electron chi connectivity index (χ3n) is 3.48. The maximum Gasteiger partial charge on any atom is 0.303 e. The summed E-state index contributed by atoms with van der Waals surface area (Å²) in [6.07, 6.45) is 0.777. The Bertz CT molecular complexity index is 499. The summed E-state index contributed by atoms with van der Waals surface area (Å²) in [5.74, 6) is -0.474. The molecule has 0 saturated heterocycles. The van der Waals surface area contributed by atoms with E-state index in [1.807, 2.05) is 39.0 Å². The Morgan fingerprint density at radius 1 is 1.29 bits per heavy atom. The van der Waals surface area contributed by atoms with Crippen molar-refractivity contribution in [3.63, 3.8) is 0 Å². The van der Waals surface area contributed by atoms with Crippen molar-refractivity contribution in [2.45, 2.75) is 33.6 Å². The van der Waals surface area contributed by atoms with E-state index >= 15 is 0 Å². The van der Waals surface area contributed by atoms with E-state index in [1.165, 1.54) is 5.56 Å². The number of amides is 1. The van der Waals surface area contributed by atoms with Crippen LogP contribution in [-0.4, -0.2) is 30.1 Å². The van der Waals surface area contributed by atoms with Crippen molar-refractivity contribution in [2.75, 3.05) is 13.2 Å². The summed E-state index contributed by atoms with van der Waals surface area (Å²) in [6.45, 7) is 6.20. The van der Waals surface area contributed by atoms with Crippen molar-refractivity contribution < 1.29 is 19.4 Å². The average molecular weight is 293 g/mol. The fourth-order valence-corrected chi connectivity index (χ4v) is 1.87. The Morgan fingerprint density at radius 2 is 2.00 bits per heavy atom. The molecule has 0 fully saturated rings. The molecule has 1 unspecified atom stereocenters. The van der Waals surface area contributed by atoms with E-state index in [-0.39, 0.29) is 24.9 Å². The number of aliphatic carboxylic acids is 1. The van der Waals surface area contributed by atoms with Gasteiger partial charge in [0.05, 0.1) is 0 Å². The number of carboxylic acids is 1. The highest BCUT2D eigenvalue weighted by Crippen LogP contribution is 2.16. The van der Waals surface area contributed by atoms with Crippen LogP contribution >= 0.6 is 0 Å². The van der Waals surface area contributed by atoms with Gasteiger partial charge in [-0.2, -0.15) is 0 Å². The topological polar surface area (TPSA) is 75.6 Å². The standard InChI is InChI=1S/C16H23NO4/c1-4-13(8-16(19)20)9-17-15(18)10-21-14-6-5-11(2)12(3)7-14/h5-7,13H,4,8-10H2,1-3H3,(H,17,18)(H,19,20). The minimum Gasteiger partial charge on any atom is -0.484 e. The third kappa shape index (κ3) is 6.29. The Labute approximate surface area is 125 Å².